The van der Waals surface area contributed by atoms with Gasteiger partial charge < -0.3 is 19.5 Å². The summed E-state index contributed by atoms with van der Waals surface area (Å²) in [6.45, 7) is 3.44. The predicted octanol–water partition coefficient (Wildman–Crippen LogP) is 0.146. The Morgan fingerprint density at radius 3 is 2.06 bits per heavy atom. The van der Waals surface area contributed by atoms with Gasteiger partial charge in [0.1, 0.15) is 0 Å². The topological polar surface area (TPSA) is 110 Å². The highest BCUT2D eigenvalue weighted by Crippen LogP contribution is 2.33. The lowest BCUT2D eigenvalue weighted by atomic mass is 9.74. The lowest BCUT2D eigenvalue weighted by molar-refractivity contribution is -0.157. The van der Waals surface area contributed by atoms with Crippen molar-refractivity contribution in [2.45, 2.75) is 38.1 Å². The molecular formula is C9H13BO7. The standard InChI is InChI=1S/C9H13BO7/c1-5(2)10-16-8(15)9(17-10,3-6(11)12)4-7(13)14/h5H,3-4H2,1-2H3,(H,11,12)(H,13,14). The van der Waals surface area contributed by atoms with E-state index in [-0.39, 0.29) is 5.82 Å². The zero-order valence-electron chi connectivity index (χ0n) is 9.50. The lowest BCUT2D eigenvalue weighted by Gasteiger charge is -2.21. The van der Waals surface area contributed by atoms with Crippen LogP contribution in [0.25, 0.3) is 0 Å². The molecule has 0 unspecified atom stereocenters. The molecule has 0 amide bonds. The maximum absolute atomic E-state index is 11.6. The Bertz CT molecular complexity index is 335. The van der Waals surface area contributed by atoms with E-state index < -0.39 is 43.5 Å². The molecule has 94 valence electrons. The number of hydrogen-bond donors (Lipinski definition) is 2. The summed E-state index contributed by atoms with van der Waals surface area (Å²) in [6, 6.07) is 0. The summed E-state index contributed by atoms with van der Waals surface area (Å²) in [5, 5.41) is 17.4. The second kappa shape index (κ2) is 4.74. The molecule has 1 aliphatic heterocycles. The molecule has 0 saturated carbocycles. The highest BCUT2D eigenvalue weighted by Gasteiger charge is 2.55. The summed E-state index contributed by atoms with van der Waals surface area (Å²) in [6.07, 6.45) is -1.44. The minimum Gasteiger partial charge on any atom is -0.507 e. The fourth-order valence-corrected chi connectivity index (χ4v) is 1.56. The molecule has 0 aromatic carbocycles. The van der Waals surface area contributed by atoms with Crippen molar-refractivity contribution in [1.82, 2.24) is 0 Å². The molecule has 7 nitrogen and oxygen atoms in total. The molecule has 8 heteroatoms. The maximum atomic E-state index is 11.6. The van der Waals surface area contributed by atoms with Gasteiger partial charge in [0.25, 0.3) is 0 Å². The van der Waals surface area contributed by atoms with E-state index in [9.17, 15) is 14.4 Å². The van der Waals surface area contributed by atoms with Crippen LogP contribution in [-0.4, -0.2) is 40.8 Å². The SMILES string of the molecule is CC(C)B1OC(=O)C(CC(=O)O)(CC(=O)O)O1. The van der Waals surface area contributed by atoms with Crippen LogP contribution in [0.4, 0.5) is 0 Å². The Morgan fingerprint density at radius 2 is 1.76 bits per heavy atom. The van der Waals surface area contributed by atoms with Crippen LogP contribution in [0.15, 0.2) is 0 Å². The molecular weight excluding hydrogens is 231 g/mol. The van der Waals surface area contributed by atoms with Crippen molar-refractivity contribution >= 4 is 25.0 Å². The fourth-order valence-electron chi connectivity index (χ4n) is 1.56. The zero-order valence-corrected chi connectivity index (χ0v) is 9.50. The van der Waals surface area contributed by atoms with Gasteiger partial charge in [-0.05, 0) is 0 Å². The maximum Gasteiger partial charge on any atom is 0.530 e. The number of rotatable bonds is 5. The molecule has 0 atom stereocenters. The second-order valence-electron chi connectivity index (χ2n) is 4.27. The second-order valence-corrected chi connectivity index (χ2v) is 4.27. The molecule has 1 heterocycles. The van der Waals surface area contributed by atoms with Crippen molar-refractivity contribution in [2.75, 3.05) is 0 Å². The number of carbonyl (C=O) groups is 3. The van der Waals surface area contributed by atoms with Gasteiger partial charge in [-0.1, -0.05) is 13.8 Å². The fraction of sp³-hybridized carbons (Fsp3) is 0.667. The van der Waals surface area contributed by atoms with Crippen LogP contribution in [0.2, 0.25) is 5.82 Å². The largest absolute Gasteiger partial charge is 0.530 e. The predicted molar refractivity (Wildman–Crippen MR) is 55.3 cm³/mol. The van der Waals surface area contributed by atoms with Gasteiger partial charge in [-0.3, -0.25) is 14.4 Å². The third-order valence-electron chi connectivity index (χ3n) is 2.35. The molecule has 0 spiro atoms. The number of carbonyl (C=O) groups excluding carboxylic acids is 1. The molecule has 0 aromatic rings. The van der Waals surface area contributed by atoms with Crippen molar-refractivity contribution < 1.29 is 33.9 Å². The first-order valence-corrected chi connectivity index (χ1v) is 5.09. The molecule has 2 N–H and O–H groups in total. The van der Waals surface area contributed by atoms with Crippen LogP contribution in [0.5, 0.6) is 0 Å². The molecule has 17 heavy (non-hydrogen) atoms. The van der Waals surface area contributed by atoms with Crippen LogP contribution < -0.4 is 0 Å². The summed E-state index contributed by atoms with van der Waals surface area (Å²) in [7, 11) is -0.902. The Kier molecular flexibility index (Phi) is 3.77. The summed E-state index contributed by atoms with van der Waals surface area (Å²) < 4.78 is 10.1. The average Bonchev–Trinajstić information content (AvgIpc) is 2.41. The monoisotopic (exact) mass is 244 g/mol. The van der Waals surface area contributed by atoms with Crippen LogP contribution in [0.3, 0.4) is 0 Å². The van der Waals surface area contributed by atoms with Gasteiger partial charge in [0.05, 0.1) is 12.8 Å². The Hall–Kier alpha value is -1.57. The van der Waals surface area contributed by atoms with Crippen LogP contribution >= 0.6 is 0 Å². The molecule has 0 aromatic heterocycles. The highest BCUT2D eigenvalue weighted by molar-refractivity contribution is 6.51. The summed E-state index contributed by atoms with van der Waals surface area (Å²) >= 11 is 0. The lowest BCUT2D eigenvalue weighted by Crippen LogP contribution is -2.41. The molecule has 1 saturated heterocycles. The van der Waals surface area contributed by atoms with Crippen molar-refractivity contribution in [3.8, 4) is 0 Å². The van der Waals surface area contributed by atoms with E-state index in [1.165, 1.54) is 0 Å². The number of aliphatic carboxylic acids is 2. The van der Waals surface area contributed by atoms with Gasteiger partial charge in [-0.2, -0.15) is 0 Å². The van der Waals surface area contributed by atoms with E-state index in [0.29, 0.717) is 0 Å². The Labute approximate surface area is 97.8 Å². The summed E-state index contributed by atoms with van der Waals surface area (Å²) in [5.74, 6) is -3.73. The van der Waals surface area contributed by atoms with Crippen LogP contribution in [0, 0.1) is 0 Å². The quantitative estimate of drug-likeness (QED) is 0.662. The van der Waals surface area contributed by atoms with E-state index in [0.717, 1.165) is 0 Å². The molecule has 0 aliphatic carbocycles. The summed E-state index contributed by atoms with van der Waals surface area (Å²) in [4.78, 5) is 33.0. The minimum absolute atomic E-state index is 0.177. The normalized spacial score (nSPS) is 18.3. The van der Waals surface area contributed by atoms with E-state index in [4.69, 9.17) is 19.5 Å². The summed E-state index contributed by atoms with van der Waals surface area (Å²) in [5.41, 5.74) is -1.91. The van der Waals surface area contributed by atoms with Crippen molar-refractivity contribution in [1.29, 1.82) is 0 Å². The smallest absolute Gasteiger partial charge is 0.507 e. The molecule has 0 radical (unpaired) electrons. The first kappa shape index (κ1) is 13.5. The van der Waals surface area contributed by atoms with Gasteiger partial charge in [0, 0.05) is 5.82 Å². The third-order valence-corrected chi connectivity index (χ3v) is 2.35. The minimum atomic E-state index is -1.91. The van der Waals surface area contributed by atoms with Crippen molar-refractivity contribution in [3.63, 3.8) is 0 Å². The Morgan fingerprint density at radius 1 is 1.29 bits per heavy atom. The van der Waals surface area contributed by atoms with Gasteiger partial charge in [0.2, 0.25) is 0 Å². The first-order valence-electron chi connectivity index (χ1n) is 5.09. The van der Waals surface area contributed by atoms with E-state index in [1.54, 1.807) is 13.8 Å². The highest BCUT2D eigenvalue weighted by atomic mass is 16.7. The molecule has 1 aliphatic rings. The van der Waals surface area contributed by atoms with Gasteiger partial charge in [-0.15, -0.1) is 0 Å². The van der Waals surface area contributed by atoms with Crippen LogP contribution in [-0.2, 0) is 23.7 Å². The van der Waals surface area contributed by atoms with Crippen molar-refractivity contribution in [3.05, 3.63) is 0 Å². The van der Waals surface area contributed by atoms with Crippen molar-refractivity contribution in [2.24, 2.45) is 0 Å². The molecule has 1 fully saturated rings. The van der Waals surface area contributed by atoms with E-state index in [1.807, 2.05) is 0 Å². The number of hydrogen-bond acceptors (Lipinski definition) is 5. The van der Waals surface area contributed by atoms with E-state index >= 15 is 0 Å². The Balaban J connectivity index is 2.94. The van der Waals surface area contributed by atoms with E-state index in [2.05, 4.69) is 0 Å². The van der Waals surface area contributed by atoms with Crippen LogP contribution in [0.1, 0.15) is 26.7 Å². The average molecular weight is 244 g/mol. The molecule has 0 bridgehead atoms. The van der Waals surface area contributed by atoms with Gasteiger partial charge in [-0.25, -0.2) is 0 Å². The third kappa shape index (κ3) is 2.97. The molecule has 1 rings (SSSR count). The number of carboxylic acids is 2. The van der Waals surface area contributed by atoms with Gasteiger partial charge in [0.15, 0.2) is 5.60 Å². The van der Waals surface area contributed by atoms with Gasteiger partial charge >= 0.3 is 25.0 Å². The first-order chi connectivity index (χ1) is 7.77. The zero-order chi connectivity index (χ0) is 13.2. The number of carboxylic acid groups (broad SMARTS) is 2.